The summed E-state index contributed by atoms with van der Waals surface area (Å²) >= 11 is 1.75. The first-order chi connectivity index (χ1) is 9.40. The fraction of sp³-hybridized carbons (Fsp3) is 0.733. The minimum Gasteiger partial charge on any atom is -0.340 e. The maximum atomic E-state index is 11.6. The van der Waals surface area contributed by atoms with Gasteiger partial charge < -0.3 is 4.90 Å². The summed E-state index contributed by atoms with van der Waals surface area (Å²) < 4.78 is 0. The van der Waals surface area contributed by atoms with Crippen molar-refractivity contribution in [1.82, 2.24) is 14.8 Å². The Morgan fingerprint density at radius 3 is 2.45 bits per heavy atom. The van der Waals surface area contributed by atoms with Crippen molar-refractivity contribution in [3.63, 3.8) is 0 Å². The van der Waals surface area contributed by atoms with Crippen LogP contribution in [0, 0.1) is 0 Å². The van der Waals surface area contributed by atoms with E-state index in [9.17, 15) is 4.79 Å². The van der Waals surface area contributed by atoms with Gasteiger partial charge in [0.1, 0.15) is 5.01 Å². The molecule has 0 aromatic carbocycles. The van der Waals surface area contributed by atoms with Crippen molar-refractivity contribution in [3.8, 4) is 0 Å². The van der Waals surface area contributed by atoms with Gasteiger partial charge in [0.05, 0.1) is 12.2 Å². The third-order valence-electron chi connectivity index (χ3n) is 3.71. The first-order valence-corrected chi connectivity index (χ1v) is 8.23. The maximum Gasteiger partial charge on any atom is 0.222 e. The SMILES string of the molecule is CCC(=O)N1CCN(Cc2nc(C(C)(C)C)cs2)CC1. The molecule has 112 valence electrons. The molecule has 2 rings (SSSR count). The Balaban J connectivity index is 1.87. The Bertz CT molecular complexity index is 456. The molecule has 1 saturated heterocycles. The largest absolute Gasteiger partial charge is 0.340 e. The molecule has 0 unspecified atom stereocenters. The number of rotatable bonds is 3. The van der Waals surface area contributed by atoms with Crippen LogP contribution < -0.4 is 0 Å². The van der Waals surface area contributed by atoms with Crippen LogP contribution in [0.15, 0.2) is 5.38 Å². The molecule has 1 fully saturated rings. The normalized spacial score (nSPS) is 17.5. The zero-order valence-corrected chi connectivity index (χ0v) is 13.8. The van der Waals surface area contributed by atoms with Gasteiger partial charge >= 0.3 is 0 Å². The molecule has 1 aromatic rings. The molecule has 1 amide bonds. The van der Waals surface area contributed by atoms with Crippen LogP contribution >= 0.6 is 11.3 Å². The first kappa shape index (κ1) is 15.4. The molecule has 0 radical (unpaired) electrons. The lowest BCUT2D eigenvalue weighted by atomic mass is 9.93. The van der Waals surface area contributed by atoms with Crippen LogP contribution in [0.1, 0.15) is 44.8 Å². The predicted octanol–water partition coefficient (Wildman–Crippen LogP) is 2.49. The van der Waals surface area contributed by atoms with Crippen molar-refractivity contribution >= 4 is 17.2 Å². The summed E-state index contributed by atoms with van der Waals surface area (Å²) in [5.41, 5.74) is 1.30. The number of piperazine rings is 1. The second kappa shape index (κ2) is 6.22. The van der Waals surface area contributed by atoms with E-state index < -0.39 is 0 Å². The molecule has 2 heterocycles. The van der Waals surface area contributed by atoms with Crippen molar-refractivity contribution in [2.24, 2.45) is 0 Å². The summed E-state index contributed by atoms with van der Waals surface area (Å²) in [5.74, 6) is 0.272. The Morgan fingerprint density at radius 1 is 1.30 bits per heavy atom. The monoisotopic (exact) mass is 295 g/mol. The molecule has 0 N–H and O–H groups in total. The van der Waals surface area contributed by atoms with E-state index in [1.807, 2.05) is 11.8 Å². The van der Waals surface area contributed by atoms with Crippen LogP contribution in [0.25, 0.3) is 0 Å². The molecule has 0 bridgehead atoms. The summed E-state index contributed by atoms with van der Waals surface area (Å²) in [6, 6.07) is 0. The van der Waals surface area contributed by atoms with Crippen LogP contribution in [-0.4, -0.2) is 46.9 Å². The van der Waals surface area contributed by atoms with Gasteiger partial charge in [-0.25, -0.2) is 4.98 Å². The molecule has 1 aliphatic rings. The summed E-state index contributed by atoms with van der Waals surface area (Å²) in [7, 11) is 0. The van der Waals surface area contributed by atoms with Gasteiger partial charge in [0.15, 0.2) is 0 Å². The van der Waals surface area contributed by atoms with Crippen molar-refractivity contribution in [1.29, 1.82) is 0 Å². The van der Waals surface area contributed by atoms with Gasteiger partial charge in [-0.15, -0.1) is 11.3 Å². The minimum atomic E-state index is 0.126. The van der Waals surface area contributed by atoms with Gasteiger partial charge in [-0.2, -0.15) is 0 Å². The highest BCUT2D eigenvalue weighted by Crippen LogP contribution is 2.24. The summed E-state index contributed by atoms with van der Waals surface area (Å²) in [6.45, 7) is 13.0. The number of hydrogen-bond donors (Lipinski definition) is 0. The topological polar surface area (TPSA) is 36.4 Å². The Kier molecular flexibility index (Phi) is 4.81. The van der Waals surface area contributed by atoms with Gasteiger partial charge in [0.2, 0.25) is 5.91 Å². The number of nitrogens with zero attached hydrogens (tertiary/aromatic N) is 3. The molecule has 0 saturated carbocycles. The standard InChI is InChI=1S/C15H25N3OS/c1-5-14(19)18-8-6-17(7-9-18)10-13-16-12(11-20-13)15(2,3)4/h11H,5-10H2,1-4H3. The molecule has 0 atom stereocenters. The Morgan fingerprint density at radius 2 is 1.95 bits per heavy atom. The number of aromatic nitrogens is 1. The highest BCUT2D eigenvalue weighted by molar-refractivity contribution is 7.09. The quantitative estimate of drug-likeness (QED) is 0.859. The second-order valence-electron chi connectivity index (χ2n) is 6.39. The van der Waals surface area contributed by atoms with Crippen molar-refractivity contribution in [2.45, 2.75) is 46.1 Å². The molecule has 5 heteroatoms. The van der Waals surface area contributed by atoms with E-state index in [0.29, 0.717) is 6.42 Å². The van der Waals surface area contributed by atoms with Gasteiger partial charge in [0.25, 0.3) is 0 Å². The second-order valence-corrected chi connectivity index (χ2v) is 7.33. The highest BCUT2D eigenvalue weighted by Gasteiger charge is 2.22. The van der Waals surface area contributed by atoms with Crippen molar-refractivity contribution in [2.75, 3.05) is 26.2 Å². The van der Waals surface area contributed by atoms with E-state index in [1.165, 1.54) is 10.7 Å². The molecule has 4 nitrogen and oxygen atoms in total. The lowest BCUT2D eigenvalue weighted by Crippen LogP contribution is -2.48. The smallest absolute Gasteiger partial charge is 0.222 e. The number of amides is 1. The van der Waals surface area contributed by atoms with E-state index in [-0.39, 0.29) is 11.3 Å². The van der Waals surface area contributed by atoms with E-state index in [0.717, 1.165) is 32.7 Å². The summed E-state index contributed by atoms with van der Waals surface area (Å²) in [4.78, 5) is 20.7. The van der Waals surface area contributed by atoms with E-state index in [1.54, 1.807) is 11.3 Å². The Labute approximate surface area is 125 Å². The first-order valence-electron chi connectivity index (χ1n) is 7.35. The van der Waals surface area contributed by atoms with Crippen LogP contribution in [-0.2, 0) is 16.8 Å². The zero-order chi connectivity index (χ0) is 14.8. The van der Waals surface area contributed by atoms with Gasteiger partial charge in [0, 0.05) is 43.4 Å². The minimum absolute atomic E-state index is 0.126. The highest BCUT2D eigenvalue weighted by atomic mass is 32.1. The third kappa shape index (κ3) is 3.79. The van der Waals surface area contributed by atoms with Crippen molar-refractivity contribution in [3.05, 3.63) is 16.1 Å². The van der Waals surface area contributed by atoms with Gasteiger partial charge in [-0.1, -0.05) is 27.7 Å². The number of carbonyl (C=O) groups is 1. The maximum absolute atomic E-state index is 11.6. The molecule has 1 aliphatic heterocycles. The number of thiazole rings is 1. The fourth-order valence-corrected chi connectivity index (χ4v) is 3.36. The molecule has 20 heavy (non-hydrogen) atoms. The molecule has 1 aromatic heterocycles. The van der Waals surface area contributed by atoms with Gasteiger partial charge in [-0.05, 0) is 0 Å². The molecular weight excluding hydrogens is 270 g/mol. The van der Waals surface area contributed by atoms with Crippen molar-refractivity contribution < 1.29 is 4.79 Å². The van der Waals surface area contributed by atoms with Crippen LogP contribution in [0.3, 0.4) is 0 Å². The molecular formula is C15H25N3OS. The third-order valence-corrected chi connectivity index (χ3v) is 4.54. The van der Waals surface area contributed by atoms with Crippen LogP contribution in [0.2, 0.25) is 0 Å². The molecule has 0 aliphatic carbocycles. The molecule has 0 spiro atoms. The van der Waals surface area contributed by atoms with E-state index in [4.69, 9.17) is 4.98 Å². The zero-order valence-electron chi connectivity index (χ0n) is 13.0. The van der Waals surface area contributed by atoms with Crippen LogP contribution in [0.4, 0.5) is 0 Å². The fourth-order valence-electron chi connectivity index (χ4n) is 2.30. The number of carbonyl (C=O) groups excluding carboxylic acids is 1. The number of hydrogen-bond acceptors (Lipinski definition) is 4. The lowest BCUT2D eigenvalue weighted by molar-refractivity contribution is -0.132. The van der Waals surface area contributed by atoms with Gasteiger partial charge in [-0.3, -0.25) is 9.69 Å². The van der Waals surface area contributed by atoms with Crippen LogP contribution in [0.5, 0.6) is 0 Å². The average Bonchev–Trinajstić information content (AvgIpc) is 2.87. The summed E-state index contributed by atoms with van der Waals surface area (Å²) in [5, 5.41) is 3.36. The Hall–Kier alpha value is -0.940. The summed E-state index contributed by atoms with van der Waals surface area (Å²) in [6.07, 6.45) is 0.613. The van der Waals surface area contributed by atoms with E-state index >= 15 is 0 Å². The van der Waals surface area contributed by atoms with E-state index in [2.05, 4.69) is 31.1 Å². The predicted molar refractivity (Wildman–Crippen MR) is 83.0 cm³/mol. The lowest BCUT2D eigenvalue weighted by Gasteiger charge is -2.34. The average molecular weight is 295 g/mol.